The van der Waals surface area contributed by atoms with Crippen LogP contribution in [0.4, 0.5) is 4.79 Å². The molecule has 1 N–H and O–H groups in total. The number of urea groups is 1. The fraction of sp³-hybridized carbons (Fsp3) is 0.800. The number of amides is 3. The van der Waals surface area contributed by atoms with Gasteiger partial charge in [0.15, 0.2) is 0 Å². The summed E-state index contributed by atoms with van der Waals surface area (Å²) in [6.07, 6.45) is 4.70. The smallest absolute Gasteiger partial charge is 0.346 e. The number of hydroxylamine groups is 2. The lowest BCUT2D eigenvalue weighted by atomic mass is 9.91. The van der Waals surface area contributed by atoms with Crippen LogP contribution < -0.4 is 5.32 Å². The standard InChI is InChI=1S/C15H24BN4O7S/c21-10-16-18-7-1-3-11(4-2-8-18)17-14(22)13-6-5-12-9-19(13)15(23)20(12)27-28(24,25)26/h10-13H,1-9H2,(H,17,22)(H,24,25,26)/p-1/t12-,13+/m1/s1. The predicted octanol–water partition coefficient (Wildman–Crippen LogP) is -1.18. The summed E-state index contributed by atoms with van der Waals surface area (Å²) >= 11 is 0. The van der Waals surface area contributed by atoms with Crippen molar-refractivity contribution in [3.8, 4) is 0 Å². The van der Waals surface area contributed by atoms with E-state index in [0.29, 0.717) is 17.9 Å². The van der Waals surface area contributed by atoms with Crippen molar-refractivity contribution in [2.75, 3.05) is 19.6 Å². The summed E-state index contributed by atoms with van der Waals surface area (Å²) < 4.78 is 36.7. The molecule has 13 heteroatoms. The number of piperidine rings is 1. The second kappa shape index (κ2) is 8.76. The Balaban J connectivity index is 1.55. The van der Waals surface area contributed by atoms with Crippen molar-refractivity contribution in [3.63, 3.8) is 0 Å². The van der Waals surface area contributed by atoms with Gasteiger partial charge in [-0.2, -0.15) is 9.35 Å². The normalized spacial score (nSPS) is 27.2. The van der Waals surface area contributed by atoms with Crippen LogP contribution in [0.2, 0.25) is 0 Å². The molecule has 3 heterocycles. The van der Waals surface area contributed by atoms with E-state index >= 15 is 0 Å². The first-order chi connectivity index (χ1) is 13.3. The molecule has 0 aromatic rings. The van der Waals surface area contributed by atoms with Gasteiger partial charge in [-0.1, -0.05) is 0 Å². The van der Waals surface area contributed by atoms with Gasteiger partial charge in [0.25, 0.3) is 7.41 Å². The third kappa shape index (κ3) is 5.02. The molecule has 3 amide bonds. The topological polar surface area (TPSA) is 139 Å². The highest BCUT2D eigenvalue weighted by molar-refractivity contribution is 7.80. The molecule has 0 unspecified atom stereocenters. The Bertz CT molecular complexity index is 711. The third-order valence-corrected chi connectivity index (χ3v) is 5.75. The zero-order valence-corrected chi connectivity index (χ0v) is 16.2. The van der Waals surface area contributed by atoms with Gasteiger partial charge < -0.3 is 24.4 Å². The Morgan fingerprint density at radius 1 is 1.21 bits per heavy atom. The Morgan fingerprint density at radius 2 is 1.89 bits per heavy atom. The van der Waals surface area contributed by atoms with Crippen LogP contribution >= 0.6 is 0 Å². The molecule has 3 fully saturated rings. The number of fused-ring (bicyclic) bond motifs is 2. The average Bonchev–Trinajstić information content (AvgIpc) is 2.82. The van der Waals surface area contributed by atoms with Gasteiger partial charge in [0, 0.05) is 12.6 Å². The van der Waals surface area contributed by atoms with Gasteiger partial charge >= 0.3 is 6.03 Å². The van der Waals surface area contributed by atoms with Gasteiger partial charge in [-0.15, -0.1) is 0 Å². The Kier molecular flexibility index (Phi) is 6.58. The maximum absolute atomic E-state index is 12.7. The summed E-state index contributed by atoms with van der Waals surface area (Å²) in [5, 5.41) is 3.57. The van der Waals surface area contributed by atoms with Crippen molar-refractivity contribution in [2.24, 2.45) is 0 Å². The SMILES string of the molecule is O=C[B]N1CCCC(NC(=O)[C@@H]2CC[C@@H]3CN2C(=O)N3OS(=O)(=O)[O-])CCC1. The highest BCUT2D eigenvalue weighted by atomic mass is 32.3. The van der Waals surface area contributed by atoms with E-state index in [4.69, 9.17) is 0 Å². The molecule has 3 rings (SSSR count). The molecule has 28 heavy (non-hydrogen) atoms. The lowest BCUT2D eigenvalue weighted by Gasteiger charge is -2.32. The van der Waals surface area contributed by atoms with Crippen LogP contribution in [0.3, 0.4) is 0 Å². The van der Waals surface area contributed by atoms with Crippen molar-refractivity contribution in [1.29, 1.82) is 0 Å². The van der Waals surface area contributed by atoms with Crippen molar-refractivity contribution < 1.29 is 31.6 Å². The van der Waals surface area contributed by atoms with Gasteiger partial charge in [0.1, 0.15) is 6.04 Å². The summed E-state index contributed by atoms with van der Waals surface area (Å²) in [5.74, 6) is -0.277. The average molecular weight is 414 g/mol. The van der Waals surface area contributed by atoms with Gasteiger partial charge in [0.2, 0.25) is 16.3 Å². The molecule has 0 aromatic heterocycles. The molecule has 0 spiro atoms. The molecule has 3 aliphatic heterocycles. The molecule has 2 bridgehead atoms. The molecule has 3 aliphatic rings. The largest absolute Gasteiger partial charge is 0.724 e. The minimum atomic E-state index is -5.06. The highest BCUT2D eigenvalue weighted by Crippen LogP contribution is 2.31. The fourth-order valence-electron chi connectivity index (χ4n) is 4.12. The zero-order valence-electron chi connectivity index (χ0n) is 15.4. The lowest BCUT2D eigenvalue weighted by molar-refractivity contribution is -0.127. The van der Waals surface area contributed by atoms with Crippen LogP contribution in [-0.2, 0) is 24.3 Å². The van der Waals surface area contributed by atoms with E-state index < -0.39 is 28.5 Å². The zero-order chi connectivity index (χ0) is 20.3. The summed E-state index contributed by atoms with van der Waals surface area (Å²) in [4.78, 5) is 38.9. The number of hydrogen-bond donors (Lipinski definition) is 1. The van der Waals surface area contributed by atoms with Crippen molar-refractivity contribution in [3.05, 3.63) is 0 Å². The van der Waals surface area contributed by atoms with Crippen molar-refractivity contribution >= 4 is 35.9 Å². The van der Waals surface area contributed by atoms with E-state index in [1.165, 1.54) is 12.3 Å². The van der Waals surface area contributed by atoms with E-state index in [1.807, 2.05) is 4.81 Å². The van der Waals surface area contributed by atoms with Gasteiger partial charge in [0.05, 0.1) is 12.2 Å². The molecule has 11 nitrogen and oxygen atoms in total. The molecular weight excluding hydrogens is 391 g/mol. The summed E-state index contributed by atoms with van der Waals surface area (Å²) in [6.45, 7) is 1.64. The number of nitrogens with zero attached hydrogens (tertiary/aromatic N) is 3. The van der Waals surface area contributed by atoms with Crippen molar-refractivity contribution in [2.45, 2.75) is 56.7 Å². The van der Waals surface area contributed by atoms with E-state index in [-0.39, 0.29) is 18.5 Å². The summed E-state index contributed by atoms with van der Waals surface area (Å²) in [6, 6.07) is -2.06. The number of rotatable bonds is 6. The van der Waals surface area contributed by atoms with Gasteiger partial charge in [-0.25, -0.2) is 13.2 Å². The molecule has 2 atom stereocenters. The Labute approximate surface area is 164 Å². The highest BCUT2D eigenvalue weighted by Gasteiger charge is 2.48. The van der Waals surface area contributed by atoms with Gasteiger partial charge in [-0.05, 0) is 51.6 Å². The van der Waals surface area contributed by atoms with E-state index in [1.54, 1.807) is 0 Å². The van der Waals surface area contributed by atoms with Crippen LogP contribution in [-0.4, -0.2) is 91.0 Å². The monoisotopic (exact) mass is 414 g/mol. The van der Waals surface area contributed by atoms with E-state index in [9.17, 15) is 27.4 Å². The fourth-order valence-corrected chi connectivity index (χ4v) is 4.50. The molecular formula is C15H23BN4O7S-. The molecule has 3 saturated heterocycles. The molecule has 0 aliphatic carbocycles. The second-order valence-corrected chi connectivity index (χ2v) is 8.27. The lowest BCUT2D eigenvalue weighted by Crippen LogP contribution is -2.52. The van der Waals surface area contributed by atoms with Crippen molar-refractivity contribution in [1.82, 2.24) is 20.1 Å². The maximum atomic E-state index is 12.7. The van der Waals surface area contributed by atoms with Gasteiger partial charge in [-0.3, -0.25) is 4.79 Å². The van der Waals surface area contributed by atoms with E-state index in [2.05, 4.69) is 9.60 Å². The van der Waals surface area contributed by atoms with Crippen LogP contribution in [0.25, 0.3) is 0 Å². The number of carbonyl (C=O) groups excluding carboxylic acids is 3. The predicted molar refractivity (Wildman–Crippen MR) is 96.0 cm³/mol. The maximum Gasteiger partial charge on any atom is 0.346 e. The Hall–Kier alpha value is -1.70. The minimum absolute atomic E-state index is 0.0179. The number of hydrogen-bond acceptors (Lipinski definition) is 8. The van der Waals surface area contributed by atoms with Crippen LogP contribution in [0.5, 0.6) is 0 Å². The second-order valence-electron chi connectivity index (χ2n) is 7.30. The summed E-state index contributed by atoms with van der Waals surface area (Å²) in [7, 11) is -3.52. The Morgan fingerprint density at radius 3 is 2.50 bits per heavy atom. The van der Waals surface area contributed by atoms with E-state index in [0.717, 1.165) is 45.0 Å². The molecule has 1 radical (unpaired) electrons. The van der Waals surface area contributed by atoms with Crippen LogP contribution in [0, 0.1) is 0 Å². The van der Waals surface area contributed by atoms with Crippen LogP contribution in [0.15, 0.2) is 0 Å². The quantitative estimate of drug-likeness (QED) is 0.248. The molecule has 155 valence electrons. The number of carbonyl (C=O) groups is 3. The minimum Gasteiger partial charge on any atom is -0.724 e. The third-order valence-electron chi connectivity index (χ3n) is 5.41. The first-order valence-corrected chi connectivity index (χ1v) is 10.7. The van der Waals surface area contributed by atoms with Crippen LogP contribution in [0.1, 0.15) is 38.5 Å². The molecule has 0 saturated carbocycles. The first-order valence-electron chi connectivity index (χ1n) is 9.37. The number of nitrogens with one attached hydrogen (secondary N) is 1. The summed E-state index contributed by atoms with van der Waals surface area (Å²) in [5.41, 5.74) is 0. The molecule has 0 aromatic carbocycles. The first kappa shape index (κ1) is 21.0.